The van der Waals surface area contributed by atoms with Gasteiger partial charge in [0, 0.05) is 25.3 Å². The first-order chi connectivity index (χ1) is 15.1. The molecule has 1 atom stereocenters. The van der Waals surface area contributed by atoms with Crippen LogP contribution in [0.2, 0.25) is 0 Å². The molecule has 2 aliphatic heterocycles. The van der Waals surface area contributed by atoms with E-state index in [1.165, 1.54) is 12.7 Å². The first-order valence-corrected chi connectivity index (χ1v) is 11.2. The maximum absolute atomic E-state index is 12.6. The van der Waals surface area contributed by atoms with Gasteiger partial charge in [-0.1, -0.05) is 6.07 Å². The second-order valence-electron chi connectivity index (χ2n) is 9.47. The van der Waals surface area contributed by atoms with Crippen LogP contribution in [0, 0.1) is 5.92 Å². The first kappa shape index (κ1) is 23.8. The molecule has 32 heavy (non-hydrogen) atoms. The SMILES string of the molecule is COC(=O)C(CC(=O)N1CC(CCc2ccc3c(n2)NCCC3)C1)NC(=O)OC(C)(C)C. The van der Waals surface area contributed by atoms with Crippen molar-refractivity contribution in [3.63, 3.8) is 0 Å². The van der Waals surface area contributed by atoms with Gasteiger partial charge in [0.05, 0.1) is 13.5 Å². The highest BCUT2D eigenvalue weighted by molar-refractivity contribution is 5.88. The summed E-state index contributed by atoms with van der Waals surface area (Å²) in [7, 11) is 1.22. The number of likely N-dealkylation sites (tertiary alicyclic amines) is 1. The number of carbonyl (C=O) groups excluding carboxylic acids is 3. The molecule has 1 unspecified atom stereocenters. The number of aryl methyl sites for hydroxylation is 2. The largest absolute Gasteiger partial charge is 0.467 e. The van der Waals surface area contributed by atoms with Crippen LogP contribution >= 0.6 is 0 Å². The molecule has 0 spiro atoms. The number of rotatable bonds is 7. The number of nitrogens with zero attached hydrogens (tertiary/aromatic N) is 2. The van der Waals surface area contributed by atoms with Crippen molar-refractivity contribution in [2.75, 3.05) is 32.1 Å². The summed E-state index contributed by atoms with van der Waals surface area (Å²) in [5.41, 5.74) is 1.64. The molecule has 1 saturated heterocycles. The van der Waals surface area contributed by atoms with Gasteiger partial charge in [0.2, 0.25) is 5.91 Å². The number of fused-ring (bicyclic) bond motifs is 1. The minimum atomic E-state index is -1.08. The molecule has 1 aromatic heterocycles. The van der Waals surface area contributed by atoms with Crippen LogP contribution in [0.25, 0.3) is 0 Å². The van der Waals surface area contributed by atoms with Crippen molar-refractivity contribution >= 4 is 23.8 Å². The van der Waals surface area contributed by atoms with E-state index < -0.39 is 23.7 Å². The number of nitrogens with one attached hydrogen (secondary N) is 2. The van der Waals surface area contributed by atoms with Crippen molar-refractivity contribution < 1.29 is 23.9 Å². The zero-order valence-corrected chi connectivity index (χ0v) is 19.4. The fourth-order valence-electron chi connectivity index (χ4n) is 3.91. The quantitative estimate of drug-likeness (QED) is 0.619. The van der Waals surface area contributed by atoms with Crippen LogP contribution in [0.5, 0.6) is 0 Å². The molecule has 9 nitrogen and oxygen atoms in total. The summed E-state index contributed by atoms with van der Waals surface area (Å²) in [4.78, 5) is 43.1. The van der Waals surface area contributed by atoms with Crippen molar-refractivity contribution in [3.05, 3.63) is 23.4 Å². The Labute approximate surface area is 189 Å². The van der Waals surface area contributed by atoms with Gasteiger partial charge in [0.15, 0.2) is 0 Å². The lowest BCUT2D eigenvalue weighted by Crippen LogP contribution is -2.53. The zero-order valence-electron chi connectivity index (χ0n) is 19.4. The zero-order chi connectivity index (χ0) is 23.3. The number of alkyl carbamates (subject to hydrolysis) is 1. The van der Waals surface area contributed by atoms with Crippen molar-refractivity contribution in [3.8, 4) is 0 Å². The maximum atomic E-state index is 12.6. The van der Waals surface area contributed by atoms with Crippen molar-refractivity contribution in [1.82, 2.24) is 15.2 Å². The third-order valence-corrected chi connectivity index (χ3v) is 5.63. The van der Waals surface area contributed by atoms with Crippen molar-refractivity contribution in [2.24, 2.45) is 5.92 Å². The molecule has 0 aromatic carbocycles. The monoisotopic (exact) mass is 446 g/mol. The number of hydrogen-bond donors (Lipinski definition) is 2. The number of carbonyl (C=O) groups is 3. The second kappa shape index (κ2) is 10.2. The van der Waals surface area contributed by atoms with Crippen molar-refractivity contribution in [1.29, 1.82) is 0 Å². The van der Waals surface area contributed by atoms with Crippen LogP contribution in [-0.2, 0) is 31.9 Å². The molecule has 3 heterocycles. The van der Waals surface area contributed by atoms with Crippen LogP contribution in [-0.4, -0.2) is 66.2 Å². The van der Waals surface area contributed by atoms with Crippen LogP contribution in [0.3, 0.4) is 0 Å². The van der Waals surface area contributed by atoms with Gasteiger partial charge in [-0.15, -0.1) is 0 Å². The van der Waals surface area contributed by atoms with E-state index in [9.17, 15) is 14.4 Å². The van der Waals surface area contributed by atoms with E-state index in [4.69, 9.17) is 14.5 Å². The Morgan fingerprint density at radius 1 is 1.28 bits per heavy atom. The van der Waals surface area contributed by atoms with Gasteiger partial charge in [0.25, 0.3) is 0 Å². The van der Waals surface area contributed by atoms with Gasteiger partial charge in [0.1, 0.15) is 17.5 Å². The number of anilines is 1. The summed E-state index contributed by atoms with van der Waals surface area (Å²) in [6.45, 7) is 7.42. The predicted octanol–water partition coefficient (Wildman–Crippen LogP) is 2.29. The summed E-state index contributed by atoms with van der Waals surface area (Å²) in [5, 5.41) is 5.80. The summed E-state index contributed by atoms with van der Waals surface area (Å²) >= 11 is 0. The van der Waals surface area contributed by atoms with E-state index in [0.29, 0.717) is 19.0 Å². The topological polar surface area (TPSA) is 110 Å². The summed E-state index contributed by atoms with van der Waals surface area (Å²) in [5.74, 6) is 0.544. The molecule has 0 bridgehead atoms. The molecule has 1 aromatic rings. The maximum Gasteiger partial charge on any atom is 0.408 e. The van der Waals surface area contributed by atoms with E-state index >= 15 is 0 Å². The van der Waals surface area contributed by atoms with Crippen LogP contribution in [0.4, 0.5) is 10.6 Å². The van der Waals surface area contributed by atoms with Crippen LogP contribution in [0.1, 0.15) is 51.3 Å². The fraction of sp³-hybridized carbons (Fsp3) is 0.652. The number of aromatic nitrogens is 1. The molecular weight excluding hydrogens is 412 g/mol. The van der Waals surface area contributed by atoms with E-state index in [0.717, 1.165) is 43.7 Å². The van der Waals surface area contributed by atoms with Crippen LogP contribution in [0.15, 0.2) is 12.1 Å². The molecule has 176 valence electrons. The number of hydrogen-bond acceptors (Lipinski definition) is 7. The third-order valence-electron chi connectivity index (χ3n) is 5.63. The predicted molar refractivity (Wildman–Crippen MR) is 119 cm³/mol. The average Bonchev–Trinajstić information content (AvgIpc) is 2.70. The van der Waals surface area contributed by atoms with Gasteiger partial charge >= 0.3 is 12.1 Å². The van der Waals surface area contributed by atoms with Gasteiger partial charge < -0.3 is 25.0 Å². The van der Waals surface area contributed by atoms with Crippen molar-refractivity contribution in [2.45, 2.75) is 64.5 Å². The Morgan fingerprint density at radius 2 is 2.03 bits per heavy atom. The molecule has 2 aliphatic rings. The Hall–Kier alpha value is -2.84. The number of methoxy groups -OCH3 is 1. The highest BCUT2D eigenvalue weighted by Crippen LogP contribution is 2.24. The number of pyridine rings is 1. The smallest absolute Gasteiger partial charge is 0.408 e. The number of ether oxygens (including phenoxy) is 2. The number of esters is 1. The standard InChI is InChI=1S/C23H34N4O5/c1-23(2,3)32-22(30)26-18(21(29)31-4)12-19(28)27-13-15(14-27)7-9-17-10-8-16-6-5-11-24-20(16)25-17/h8,10,15,18H,5-7,9,11-14H2,1-4H3,(H,24,25)(H,26,30). The van der Waals surface area contributed by atoms with Gasteiger partial charge in [-0.05, 0) is 64.0 Å². The Kier molecular flexibility index (Phi) is 7.58. The summed E-state index contributed by atoms with van der Waals surface area (Å²) in [6.07, 6.45) is 3.12. The second-order valence-corrected chi connectivity index (χ2v) is 9.47. The molecule has 9 heteroatoms. The van der Waals surface area contributed by atoms with E-state index in [1.807, 2.05) is 0 Å². The van der Waals surface area contributed by atoms with Gasteiger partial charge in [-0.25, -0.2) is 14.6 Å². The molecular formula is C23H34N4O5. The summed E-state index contributed by atoms with van der Waals surface area (Å²) in [6, 6.07) is 3.18. The molecule has 0 aliphatic carbocycles. The fourth-order valence-corrected chi connectivity index (χ4v) is 3.91. The third kappa shape index (κ3) is 6.58. The molecule has 3 rings (SSSR count). The molecule has 1 fully saturated rings. The summed E-state index contributed by atoms with van der Waals surface area (Å²) < 4.78 is 9.91. The van der Waals surface area contributed by atoms with E-state index in [-0.39, 0.29) is 12.3 Å². The van der Waals surface area contributed by atoms with Crippen LogP contribution < -0.4 is 10.6 Å². The molecule has 2 amide bonds. The number of amides is 2. The average molecular weight is 447 g/mol. The minimum Gasteiger partial charge on any atom is -0.467 e. The lowest BCUT2D eigenvalue weighted by atomic mass is 9.93. The normalized spacial score (nSPS) is 16.8. The minimum absolute atomic E-state index is 0.156. The van der Waals surface area contributed by atoms with Gasteiger partial charge in [-0.3, -0.25) is 4.79 Å². The van der Waals surface area contributed by atoms with E-state index in [1.54, 1.807) is 25.7 Å². The molecule has 0 radical (unpaired) electrons. The van der Waals surface area contributed by atoms with E-state index in [2.05, 4.69) is 22.8 Å². The molecule has 0 saturated carbocycles. The van der Waals surface area contributed by atoms with Gasteiger partial charge in [-0.2, -0.15) is 0 Å². The lowest BCUT2D eigenvalue weighted by molar-refractivity contribution is -0.148. The highest BCUT2D eigenvalue weighted by atomic mass is 16.6. The molecule has 2 N–H and O–H groups in total. The Balaban J connectivity index is 1.44. The highest BCUT2D eigenvalue weighted by Gasteiger charge is 2.34. The Morgan fingerprint density at radius 3 is 2.72 bits per heavy atom. The Bertz CT molecular complexity index is 845. The first-order valence-electron chi connectivity index (χ1n) is 11.2. The lowest BCUT2D eigenvalue weighted by Gasteiger charge is -2.40.